The molecule has 0 heterocycles. The van der Waals surface area contributed by atoms with Gasteiger partial charge in [-0.3, -0.25) is 4.79 Å². The fourth-order valence-electron chi connectivity index (χ4n) is 2.71. The van der Waals surface area contributed by atoms with Crippen LogP contribution in [-0.2, 0) is 30.3 Å². The van der Waals surface area contributed by atoms with Gasteiger partial charge >= 0.3 is 11.9 Å². The Morgan fingerprint density at radius 2 is 1.72 bits per heavy atom. The van der Waals surface area contributed by atoms with Gasteiger partial charge in [-0.05, 0) is 31.0 Å². The summed E-state index contributed by atoms with van der Waals surface area (Å²) >= 11 is 0. The molecule has 7 heteroatoms. The molecule has 0 bridgehead atoms. The second kappa shape index (κ2) is 10.8. The molecule has 0 aliphatic heterocycles. The van der Waals surface area contributed by atoms with E-state index in [1.807, 2.05) is 56.3 Å². The zero-order valence-corrected chi connectivity index (χ0v) is 16.8. The molecule has 1 N–H and O–H groups in total. The fraction of sp³-hybridized carbons (Fsp3) is 0.318. The first kappa shape index (κ1) is 21.9. The molecule has 2 rings (SSSR count). The molecule has 0 aromatic heterocycles. The molecule has 0 fully saturated rings. The summed E-state index contributed by atoms with van der Waals surface area (Å²) in [6.45, 7) is 3.00. The van der Waals surface area contributed by atoms with Crippen molar-refractivity contribution in [2.45, 2.75) is 26.3 Å². The molecule has 1 atom stereocenters. The van der Waals surface area contributed by atoms with Crippen molar-refractivity contribution < 1.29 is 28.6 Å². The lowest BCUT2D eigenvalue weighted by molar-refractivity contribution is -0.151. The van der Waals surface area contributed by atoms with E-state index in [0.717, 1.165) is 16.7 Å². The number of methoxy groups -OCH3 is 1. The summed E-state index contributed by atoms with van der Waals surface area (Å²) in [6, 6.07) is 13.9. The summed E-state index contributed by atoms with van der Waals surface area (Å²) in [5.41, 5.74) is 2.85. The van der Waals surface area contributed by atoms with E-state index in [2.05, 4.69) is 5.32 Å². The van der Waals surface area contributed by atoms with Gasteiger partial charge in [0, 0.05) is 6.42 Å². The van der Waals surface area contributed by atoms with E-state index >= 15 is 0 Å². The first-order chi connectivity index (χ1) is 13.9. The Morgan fingerprint density at radius 1 is 1.00 bits per heavy atom. The number of hydrogen-bond donors (Lipinski definition) is 1. The Hall–Kier alpha value is -3.35. The van der Waals surface area contributed by atoms with Gasteiger partial charge in [-0.25, -0.2) is 9.59 Å². The Labute approximate surface area is 170 Å². The summed E-state index contributed by atoms with van der Waals surface area (Å²) < 4.78 is 15.1. The Morgan fingerprint density at radius 3 is 2.38 bits per heavy atom. The van der Waals surface area contributed by atoms with Crippen LogP contribution in [0.4, 0.5) is 0 Å². The fourth-order valence-corrected chi connectivity index (χ4v) is 2.71. The Bertz CT molecular complexity index is 850. The number of rotatable bonds is 9. The van der Waals surface area contributed by atoms with Crippen molar-refractivity contribution in [3.63, 3.8) is 0 Å². The first-order valence-electron chi connectivity index (χ1n) is 9.16. The molecule has 0 radical (unpaired) electrons. The Balaban J connectivity index is 1.81. The van der Waals surface area contributed by atoms with Crippen LogP contribution in [0, 0.1) is 13.8 Å². The zero-order valence-electron chi connectivity index (χ0n) is 16.8. The van der Waals surface area contributed by atoms with Gasteiger partial charge in [0.05, 0.1) is 7.11 Å². The maximum absolute atomic E-state index is 12.1. The number of carbonyl (C=O) groups excluding carboxylic acids is 3. The summed E-state index contributed by atoms with van der Waals surface area (Å²) in [5, 5.41) is 2.53. The summed E-state index contributed by atoms with van der Waals surface area (Å²) in [6.07, 6.45) is 0.267. The molecule has 0 aliphatic rings. The highest BCUT2D eigenvalue weighted by Crippen LogP contribution is 2.18. The highest BCUT2D eigenvalue weighted by Gasteiger charge is 2.22. The molecule has 1 amide bonds. The maximum atomic E-state index is 12.1. The van der Waals surface area contributed by atoms with E-state index in [-0.39, 0.29) is 13.0 Å². The predicted octanol–water partition coefficient (Wildman–Crippen LogP) is 2.13. The van der Waals surface area contributed by atoms with Gasteiger partial charge in [-0.1, -0.05) is 48.0 Å². The molecule has 0 unspecified atom stereocenters. The average Bonchev–Trinajstić information content (AvgIpc) is 2.71. The van der Waals surface area contributed by atoms with Crippen LogP contribution in [0.15, 0.2) is 48.5 Å². The Kier molecular flexibility index (Phi) is 8.21. The minimum absolute atomic E-state index is 0.267. The van der Waals surface area contributed by atoms with Crippen LogP contribution in [0.2, 0.25) is 0 Å². The van der Waals surface area contributed by atoms with E-state index in [1.54, 1.807) is 6.07 Å². The summed E-state index contributed by atoms with van der Waals surface area (Å²) in [7, 11) is 1.25. The van der Waals surface area contributed by atoms with E-state index in [0.29, 0.717) is 5.75 Å². The summed E-state index contributed by atoms with van der Waals surface area (Å²) in [5.74, 6) is -1.29. The first-order valence-corrected chi connectivity index (χ1v) is 9.16. The van der Waals surface area contributed by atoms with Crippen LogP contribution in [0.3, 0.4) is 0 Å². The quantitative estimate of drug-likeness (QED) is 0.650. The molecule has 0 spiro atoms. The number of esters is 2. The highest BCUT2D eigenvalue weighted by atomic mass is 16.6. The van der Waals surface area contributed by atoms with Crippen molar-refractivity contribution in [1.29, 1.82) is 0 Å². The van der Waals surface area contributed by atoms with Crippen LogP contribution in [-0.4, -0.2) is 44.2 Å². The highest BCUT2D eigenvalue weighted by molar-refractivity contribution is 5.86. The molecule has 0 saturated heterocycles. The van der Waals surface area contributed by atoms with Crippen molar-refractivity contribution in [3.05, 3.63) is 65.2 Å². The monoisotopic (exact) mass is 399 g/mol. The number of hydrogen-bond acceptors (Lipinski definition) is 6. The SMILES string of the molecule is COC(=O)[C@H](Cc1ccccc1)NC(=O)COC(=O)COc1ccc(C)cc1C. The third kappa shape index (κ3) is 7.29. The van der Waals surface area contributed by atoms with Crippen molar-refractivity contribution in [3.8, 4) is 5.75 Å². The molecule has 29 heavy (non-hydrogen) atoms. The lowest BCUT2D eigenvalue weighted by atomic mass is 10.1. The van der Waals surface area contributed by atoms with Crippen molar-refractivity contribution in [1.82, 2.24) is 5.32 Å². The van der Waals surface area contributed by atoms with Gasteiger partial charge in [-0.2, -0.15) is 0 Å². The van der Waals surface area contributed by atoms with Gasteiger partial charge < -0.3 is 19.5 Å². The topological polar surface area (TPSA) is 90.9 Å². The second-order valence-electron chi connectivity index (χ2n) is 6.55. The van der Waals surface area contributed by atoms with Crippen LogP contribution >= 0.6 is 0 Å². The van der Waals surface area contributed by atoms with E-state index in [9.17, 15) is 14.4 Å². The van der Waals surface area contributed by atoms with Gasteiger partial charge in [0.1, 0.15) is 11.8 Å². The number of nitrogens with one attached hydrogen (secondary N) is 1. The molecule has 7 nitrogen and oxygen atoms in total. The minimum atomic E-state index is -0.875. The molecule has 2 aromatic rings. The second-order valence-corrected chi connectivity index (χ2v) is 6.55. The number of aryl methyl sites for hydroxylation is 2. The molecular formula is C22H25NO6. The van der Waals surface area contributed by atoms with Crippen LogP contribution in [0.25, 0.3) is 0 Å². The number of benzene rings is 2. The van der Waals surface area contributed by atoms with Crippen molar-refractivity contribution in [2.24, 2.45) is 0 Å². The predicted molar refractivity (Wildman–Crippen MR) is 106 cm³/mol. The van der Waals surface area contributed by atoms with E-state index < -0.39 is 30.5 Å². The average molecular weight is 399 g/mol. The van der Waals surface area contributed by atoms with Gasteiger partial charge in [0.25, 0.3) is 5.91 Å². The lowest BCUT2D eigenvalue weighted by Gasteiger charge is -2.16. The number of ether oxygens (including phenoxy) is 3. The van der Waals surface area contributed by atoms with E-state index in [1.165, 1.54) is 7.11 Å². The minimum Gasteiger partial charge on any atom is -0.482 e. The van der Waals surface area contributed by atoms with Crippen LogP contribution < -0.4 is 10.1 Å². The normalized spacial score (nSPS) is 11.3. The molecule has 0 saturated carbocycles. The van der Waals surface area contributed by atoms with Gasteiger partial charge in [0.15, 0.2) is 13.2 Å². The molecule has 0 aliphatic carbocycles. The van der Waals surface area contributed by atoms with E-state index in [4.69, 9.17) is 14.2 Å². The third-order valence-electron chi connectivity index (χ3n) is 4.14. The number of carbonyl (C=O) groups is 3. The lowest BCUT2D eigenvalue weighted by Crippen LogP contribution is -2.44. The van der Waals surface area contributed by atoms with Crippen LogP contribution in [0.1, 0.15) is 16.7 Å². The number of amides is 1. The molecule has 154 valence electrons. The largest absolute Gasteiger partial charge is 0.482 e. The van der Waals surface area contributed by atoms with Gasteiger partial charge in [0.2, 0.25) is 0 Å². The van der Waals surface area contributed by atoms with Crippen molar-refractivity contribution in [2.75, 3.05) is 20.3 Å². The smallest absolute Gasteiger partial charge is 0.344 e. The third-order valence-corrected chi connectivity index (χ3v) is 4.14. The maximum Gasteiger partial charge on any atom is 0.344 e. The zero-order chi connectivity index (χ0) is 21.2. The summed E-state index contributed by atoms with van der Waals surface area (Å²) in [4.78, 5) is 35.9. The van der Waals surface area contributed by atoms with Crippen molar-refractivity contribution >= 4 is 17.8 Å². The molecule has 2 aromatic carbocycles. The standard InChI is InChI=1S/C22H25NO6/c1-15-9-10-19(16(2)11-15)28-14-21(25)29-13-20(24)23-18(22(26)27-3)12-17-7-5-4-6-8-17/h4-11,18H,12-14H2,1-3H3,(H,23,24)/t18-/m0/s1. The van der Waals surface area contributed by atoms with Crippen LogP contribution in [0.5, 0.6) is 5.75 Å². The van der Waals surface area contributed by atoms with Gasteiger partial charge in [-0.15, -0.1) is 0 Å². The molecular weight excluding hydrogens is 374 g/mol.